The number of nitrogens with two attached hydrogens (primary N) is 1. The monoisotopic (exact) mass is 608 g/mol. The zero-order valence-electron chi connectivity index (χ0n) is 23.4. The molecule has 224 valence electrons. The van der Waals surface area contributed by atoms with Crippen LogP contribution in [0.25, 0.3) is 27.6 Å². The molecule has 3 heterocycles. The van der Waals surface area contributed by atoms with Crippen LogP contribution in [0.3, 0.4) is 0 Å². The number of hydrogen-bond donors (Lipinski definition) is 1. The standard InChI is InChI=1S/C34H23F3N4O4/c35-34(36,37)20-6-5-7-22(16-20)41-18-25(24-17-21(38)12-13-27(24)41)32(43)39-14-15-40(29-10-3-2-9-28(29)39)33(44)26-19-45-30-11-4-1-8-23(30)31(26)42/h1-13,16-19H,14-15,38H2. The Morgan fingerprint density at radius 1 is 0.756 bits per heavy atom. The molecule has 0 aliphatic carbocycles. The number of anilines is 3. The summed E-state index contributed by atoms with van der Waals surface area (Å²) in [7, 11) is 0. The topological polar surface area (TPSA) is 102 Å². The zero-order valence-corrected chi connectivity index (χ0v) is 23.4. The van der Waals surface area contributed by atoms with E-state index in [-0.39, 0.29) is 35.3 Å². The first-order valence-corrected chi connectivity index (χ1v) is 13.9. The molecule has 2 amide bonds. The van der Waals surface area contributed by atoms with Crippen molar-refractivity contribution in [3.8, 4) is 5.69 Å². The molecule has 0 radical (unpaired) electrons. The number of amides is 2. The average Bonchev–Trinajstić information content (AvgIpc) is 3.42. The van der Waals surface area contributed by atoms with Gasteiger partial charge in [-0.1, -0.05) is 30.3 Å². The zero-order chi connectivity index (χ0) is 31.5. The van der Waals surface area contributed by atoms with Gasteiger partial charge in [0, 0.05) is 36.0 Å². The SMILES string of the molecule is Nc1ccc2c(c1)c(C(=O)N1CCN(C(=O)c3coc4ccccc4c3=O)c3ccccc31)cn2-c1cccc(C(F)(F)F)c1. The minimum Gasteiger partial charge on any atom is -0.463 e. The second-order valence-electron chi connectivity index (χ2n) is 10.6. The van der Waals surface area contributed by atoms with Crippen molar-refractivity contribution in [2.75, 3.05) is 28.6 Å². The van der Waals surface area contributed by atoms with E-state index in [1.807, 2.05) is 0 Å². The molecule has 8 nitrogen and oxygen atoms in total. The van der Waals surface area contributed by atoms with Crippen LogP contribution in [0.4, 0.5) is 30.2 Å². The molecular weight excluding hydrogens is 585 g/mol. The van der Waals surface area contributed by atoms with Gasteiger partial charge >= 0.3 is 6.18 Å². The van der Waals surface area contributed by atoms with Gasteiger partial charge in [-0.3, -0.25) is 14.4 Å². The summed E-state index contributed by atoms with van der Waals surface area (Å²) in [6.07, 6.45) is -1.89. The van der Waals surface area contributed by atoms with Gasteiger partial charge in [-0.25, -0.2) is 0 Å². The molecular formula is C34H23F3N4O4. The van der Waals surface area contributed by atoms with Gasteiger partial charge in [0.05, 0.1) is 33.4 Å². The van der Waals surface area contributed by atoms with E-state index >= 15 is 0 Å². The predicted molar refractivity (Wildman–Crippen MR) is 165 cm³/mol. The quantitative estimate of drug-likeness (QED) is 0.227. The lowest BCUT2D eigenvalue weighted by Gasteiger charge is -2.36. The Kier molecular flexibility index (Phi) is 6.47. The van der Waals surface area contributed by atoms with Crippen molar-refractivity contribution >= 4 is 50.7 Å². The number of nitrogen functional groups attached to an aromatic ring is 1. The highest BCUT2D eigenvalue weighted by molar-refractivity contribution is 6.18. The summed E-state index contributed by atoms with van der Waals surface area (Å²) in [5.74, 6) is -0.996. The van der Waals surface area contributed by atoms with Crippen LogP contribution >= 0.6 is 0 Å². The Morgan fingerprint density at radius 3 is 2.13 bits per heavy atom. The van der Waals surface area contributed by atoms with Gasteiger partial charge in [-0.2, -0.15) is 13.2 Å². The molecule has 0 saturated carbocycles. The van der Waals surface area contributed by atoms with Gasteiger partial charge in [-0.05, 0) is 60.7 Å². The summed E-state index contributed by atoms with van der Waals surface area (Å²) in [5, 5.41) is 0.740. The molecule has 2 aromatic heterocycles. The van der Waals surface area contributed by atoms with Crippen molar-refractivity contribution in [3.05, 3.63) is 130 Å². The second-order valence-corrected chi connectivity index (χ2v) is 10.6. The number of carbonyl (C=O) groups excluding carboxylic acids is 2. The molecule has 1 aliphatic rings. The third-order valence-electron chi connectivity index (χ3n) is 7.92. The van der Waals surface area contributed by atoms with Gasteiger partial charge in [0.15, 0.2) is 0 Å². The summed E-state index contributed by atoms with van der Waals surface area (Å²) in [5.41, 5.74) is 7.18. The van der Waals surface area contributed by atoms with Crippen molar-refractivity contribution in [3.63, 3.8) is 0 Å². The van der Waals surface area contributed by atoms with Crippen LogP contribution in [0, 0.1) is 0 Å². The van der Waals surface area contributed by atoms with Crippen molar-refractivity contribution < 1.29 is 27.2 Å². The lowest BCUT2D eigenvalue weighted by Crippen LogP contribution is -2.47. The number of fused-ring (bicyclic) bond motifs is 3. The molecule has 2 N–H and O–H groups in total. The first kappa shape index (κ1) is 28.0. The van der Waals surface area contributed by atoms with E-state index in [4.69, 9.17) is 10.2 Å². The van der Waals surface area contributed by atoms with E-state index in [2.05, 4.69) is 0 Å². The molecule has 0 unspecified atom stereocenters. The third kappa shape index (κ3) is 4.69. The predicted octanol–water partition coefficient (Wildman–Crippen LogP) is 6.65. The van der Waals surface area contributed by atoms with Gasteiger partial charge in [0.1, 0.15) is 17.4 Å². The van der Waals surface area contributed by atoms with E-state index in [9.17, 15) is 27.6 Å². The van der Waals surface area contributed by atoms with Gasteiger partial charge in [0.25, 0.3) is 11.8 Å². The van der Waals surface area contributed by atoms with Crippen molar-refractivity contribution in [1.29, 1.82) is 0 Å². The summed E-state index contributed by atoms with van der Waals surface area (Å²) >= 11 is 0. The Labute approximate surface area is 253 Å². The number of para-hydroxylation sites is 3. The molecule has 7 rings (SSSR count). The van der Waals surface area contributed by atoms with Crippen molar-refractivity contribution in [2.24, 2.45) is 0 Å². The first-order chi connectivity index (χ1) is 21.6. The maximum absolute atomic E-state index is 14.2. The molecule has 45 heavy (non-hydrogen) atoms. The number of halogens is 3. The number of alkyl halides is 3. The van der Waals surface area contributed by atoms with Gasteiger partial charge in [0.2, 0.25) is 5.43 Å². The van der Waals surface area contributed by atoms with Crippen LogP contribution < -0.4 is 21.0 Å². The van der Waals surface area contributed by atoms with E-state index in [0.717, 1.165) is 18.4 Å². The highest BCUT2D eigenvalue weighted by atomic mass is 19.4. The number of carbonyl (C=O) groups is 2. The molecule has 6 aromatic rings. The van der Waals surface area contributed by atoms with Crippen LogP contribution in [-0.4, -0.2) is 29.5 Å². The molecule has 11 heteroatoms. The Hall–Kier alpha value is -5.84. The van der Waals surface area contributed by atoms with E-state index < -0.39 is 29.0 Å². The fourth-order valence-corrected chi connectivity index (χ4v) is 5.76. The molecule has 0 atom stereocenters. The number of benzene rings is 4. The largest absolute Gasteiger partial charge is 0.463 e. The smallest absolute Gasteiger partial charge is 0.416 e. The minimum absolute atomic E-state index is 0.0717. The maximum Gasteiger partial charge on any atom is 0.416 e. The number of rotatable bonds is 3. The average molecular weight is 609 g/mol. The lowest BCUT2D eigenvalue weighted by molar-refractivity contribution is -0.137. The Balaban J connectivity index is 1.29. The highest BCUT2D eigenvalue weighted by Crippen LogP contribution is 2.37. The third-order valence-corrected chi connectivity index (χ3v) is 7.92. The summed E-state index contributed by atoms with van der Waals surface area (Å²) in [6, 6.07) is 23.2. The first-order valence-electron chi connectivity index (χ1n) is 13.9. The fraction of sp³-hybridized carbons (Fsp3) is 0.0882. The van der Waals surface area contributed by atoms with Crippen LogP contribution in [0.5, 0.6) is 0 Å². The molecule has 0 fully saturated rings. The molecule has 0 saturated heterocycles. The highest BCUT2D eigenvalue weighted by Gasteiger charge is 2.34. The van der Waals surface area contributed by atoms with E-state index in [1.54, 1.807) is 66.7 Å². The lowest BCUT2D eigenvalue weighted by atomic mass is 10.1. The van der Waals surface area contributed by atoms with Gasteiger partial charge in [-0.15, -0.1) is 0 Å². The van der Waals surface area contributed by atoms with E-state index in [1.165, 1.54) is 32.7 Å². The summed E-state index contributed by atoms with van der Waals surface area (Å²) in [4.78, 5) is 44.1. The van der Waals surface area contributed by atoms with Crippen LogP contribution in [0.15, 0.2) is 113 Å². The molecule has 4 aromatic carbocycles. The number of aromatic nitrogens is 1. The Morgan fingerprint density at radius 2 is 1.42 bits per heavy atom. The summed E-state index contributed by atoms with van der Waals surface area (Å²) < 4.78 is 47.7. The van der Waals surface area contributed by atoms with Crippen molar-refractivity contribution in [2.45, 2.75) is 6.18 Å². The van der Waals surface area contributed by atoms with Gasteiger partial charge < -0.3 is 24.5 Å². The molecule has 0 spiro atoms. The maximum atomic E-state index is 14.2. The summed E-state index contributed by atoms with van der Waals surface area (Å²) in [6.45, 7) is 0.154. The van der Waals surface area contributed by atoms with E-state index in [0.29, 0.717) is 33.5 Å². The fourth-order valence-electron chi connectivity index (χ4n) is 5.76. The molecule has 0 bridgehead atoms. The second kappa shape index (κ2) is 10.4. The Bertz CT molecular complexity index is 2220. The molecule has 1 aliphatic heterocycles. The minimum atomic E-state index is -4.54. The van der Waals surface area contributed by atoms with Crippen molar-refractivity contribution in [1.82, 2.24) is 4.57 Å². The van der Waals surface area contributed by atoms with Crippen LogP contribution in [-0.2, 0) is 6.18 Å². The van der Waals surface area contributed by atoms with Crippen LogP contribution in [0.2, 0.25) is 0 Å². The number of hydrogen-bond acceptors (Lipinski definition) is 5. The normalized spacial score (nSPS) is 13.3. The number of nitrogens with zero attached hydrogens (tertiary/aromatic N) is 3. The van der Waals surface area contributed by atoms with Crippen LogP contribution in [0.1, 0.15) is 26.3 Å².